The van der Waals surface area contributed by atoms with E-state index in [9.17, 15) is 9.59 Å². The summed E-state index contributed by atoms with van der Waals surface area (Å²) in [7, 11) is 1.29. The maximum Gasteiger partial charge on any atom is 0.339 e. The van der Waals surface area contributed by atoms with Crippen LogP contribution in [0.25, 0.3) is 0 Å². The van der Waals surface area contributed by atoms with Crippen molar-refractivity contribution in [2.45, 2.75) is 38.1 Å². The van der Waals surface area contributed by atoms with Crippen LogP contribution in [0.1, 0.15) is 58.2 Å². The number of carbonyl (C=O) groups is 2. The minimum absolute atomic E-state index is 0.217. The van der Waals surface area contributed by atoms with Gasteiger partial charge in [-0.1, -0.05) is 18.0 Å². The van der Waals surface area contributed by atoms with E-state index in [0.29, 0.717) is 17.3 Å². The predicted octanol–water partition coefficient (Wildman–Crippen LogP) is 1.76. The monoisotopic (exact) mass is 330 g/mol. The molecule has 2 heterocycles. The average Bonchev–Trinajstić information content (AvgIpc) is 3.24. The smallest absolute Gasteiger partial charge is 0.339 e. The van der Waals surface area contributed by atoms with Crippen molar-refractivity contribution in [2.75, 3.05) is 7.11 Å². The van der Waals surface area contributed by atoms with Gasteiger partial charge < -0.3 is 14.6 Å². The van der Waals surface area contributed by atoms with Gasteiger partial charge in [-0.15, -0.1) is 0 Å². The highest BCUT2D eigenvalue weighted by Crippen LogP contribution is 2.37. The number of aromatic nitrogens is 3. The number of rotatable bonds is 4. The van der Waals surface area contributed by atoms with Crippen LogP contribution in [0, 0.1) is 6.92 Å². The summed E-state index contributed by atoms with van der Waals surface area (Å²) in [5.41, 5.74) is -0.120. The van der Waals surface area contributed by atoms with Gasteiger partial charge in [0.15, 0.2) is 5.82 Å². The van der Waals surface area contributed by atoms with Gasteiger partial charge in [0.25, 0.3) is 5.91 Å². The summed E-state index contributed by atoms with van der Waals surface area (Å²) in [6.45, 7) is 1.72. The molecule has 1 saturated carbocycles. The molecule has 0 radical (unpaired) electrons. The number of amides is 1. The van der Waals surface area contributed by atoms with E-state index in [-0.39, 0.29) is 11.6 Å². The third-order valence-electron chi connectivity index (χ3n) is 4.18. The van der Waals surface area contributed by atoms with Gasteiger partial charge >= 0.3 is 5.97 Å². The number of methoxy groups -OCH3 is 1. The Morgan fingerprint density at radius 2 is 2.04 bits per heavy atom. The Morgan fingerprint density at radius 1 is 1.29 bits per heavy atom. The second kappa shape index (κ2) is 6.38. The molecule has 126 valence electrons. The second-order valence-electron chi connectivity index (χ2n) is 5.80. The van der Waals surface area contributed by atoms with Gasteiger partial charge in [0.2, 0.25) is 5.89 Å². The molecule has 1 aliphatic rings. The van der Waals surface area contributed by atoms with Crippen molar-refractivity contribution in [2.24, 2.45) is 0 Å². The standard InChI is InChI=1S/C16H18N4O4/c1-10-18-15(20-24-10)16(7-3-4-8-16)19-13(21)12-6-5-11(9-17-12)14(22)23-2/h5-6,9H,3-4,7-8H2,1-2H3,(H,19,21). The number of esters is 1. The number of hydrogen-bond donors (Lipinski definition) is 1. The number of carbonyl (C=O) groups excluding carboxylic acids is 2. The Labute approximate surface area is 138 Å². The molecule has 0 unspecified atom stereocenters. The third kappa shape index (κ3) is 2.99. The van der Waals surface area contributed by atoms with Gasteiger partial charge in [0, 0.05) is 13.1 Å². The lowest BCUT2D eigenvalue weighted by molar-refractivity contribution is 0.0599. The van der Waals surface area contributed by atoms with Gasteiger partial charge in [0.05, 0.1) is 12.7 Å². The van der Waals surface area contributed by atoms with Gasteiger partial charge in [-0.05, 0) is 25.0 Å². The SMILES string of the molecule is COC(=O)c1ccc(C(=O)NC2(c3noc(C)n3)CCCC2)nc1. The molecule has 0 spiro atoms. The minimum atomic E-state index is -0.627. The molecule has 8 heteroatoms. The minimum Gasteiger partial charge on any atom is -0.465 e. The Morgan fingerprint density at radius 3 is 2.58 bits per heavy atom. The lowest BCUT2D eigenvalue weighted by Gasteiger charge is -2.26. The molecular formula is C16H18N4O4. The molecular weight excluding hydrogens is 312 g/mol. The highest BCUT2D eigenvalue weighted by Gasteiger charge is 2.41. The van der Waals surface area contributed by atoms with Crippen LogP contribution >= 0.6 is 0 Å². The van der Waals surface area contributed by atoms with E-state index in [1.54, 1.807) is 6.92 Å². The fourth-order valence-corrected chi connectivity index (χ4v) is 2.92. The van der Waals surface area contributed by atoms with Gasteiger partial charge in [0.1, 0.15) is 11.2 Å². The summed E-state index contributed by atoms with van der Waals surface area (Å²) in [6, 6.07) is 3.00. The van der Waals surface area contributed by atoms with Crippen LogP contribution in [0.4, 0.5) is 0 Å². The van der Waals surface area contributed by atoms with E-state index in [1.165, 1.54) is 25.4 Å². The third-order valence-corrected chi connectivity index (χ3v) is 4.18. The fourth-order valence-electron chi connectivity index (χ4n) is 2.92. The van der Waals surface area contributed by atoms with E-state index in [4.69, 9.17) is 4.52 Å². The summed E-state index contributed by atoms with van der Waals surface area (Å²) in [5.74, 6) is 0.128. The highest BCUT2D eigenvalue weighted by atomic mass is 16.5. The topological polar surface area (TPSA) is 107 Å². The summed E-state index contributed by atoms with van der Waals surface area (Å²) in [4.78, 5) is 32.3. The molecule has 3 rings (SSSR count). The van der Waals surface area contributed by atoms with E-state index < -0.39 is 11.5 Å². The van der Waals surface area contributed by atoms with E-state index in [2.05, 4.69) is 25.2 Å². The number of aryl methyl sites for hydroxylation is 1. The van der Waals surface area contributed by atoms with Crippen molar-refractivity contribution in [3.8, 4) is 0 Å². The molecule has 1 fully saturated rings. The van der Waals surface area contributed by atoms with Gasteiger partial charge in [-0.25, -0.2) is 4.79 Å². The Kier molecular flexibility index (Phi) is 4.28. The van der Waals surface area contributed by atoms with Crippen molar-refractivity contribution in [1.29, 1.82) is 0 Å². The van der Waals surface area contributed by atoms with Crippen LogP contribution in [0.3, 0.4) is 0 Å². The molecule has 2 aromatic heterocycles. The Hall–Kier alpha value is -2.77. The Balaban J connectivity index is 1.80. The first-order valence-corrected chi connectivity index (χ1v) is 7.72. The van der Waals surface area contributed by atoms with Gasteiger partial charge in [-0.2, -0.15) is 4.98 Å². The van der Waals surface area contributed by atoms with Crippen molar-refractivity contribution >= 4 is 11.9 Å². The normalized spacial score (nSPS) is 15.9. The van der Waals surface area contributed by atoms with Crippen molar-refractivity contribution < 1.29 is 18.8 Å². The summed E-state index contributed by atoms with van der Waals surface area (Å²) in [6.07, 6.45) is 4.77. The summed E-state index contributed by atoms with van der Waals surface area (Å²) < 4.78 is 9.68. The molecule has 1 amide bonds. The number of pyridine rings is 1. The first-order valence-electron chi connectivity index (χ1n) is 7.72. The molecule has 1 N–H and O–H groups in total. The zero-order valence-electron chi connectivity index (χ0n) is 13.5. The number of nitrogens with one attached hydrogen (secondary N) is 1. The van der Waals surface area contributed by atoms with Crippen molar-refractivity contribution in [1.82, 2.24) is 20.4 Å². The Bertz CT molecular complexity index is 748. The molecule has 0 aliphatic heterocycles. The van der Waals surface area contributed by atoms with Crippen LogP contribution in [-0.2, 0) is 10.3 Å². The van der Waals surface area contributed by atoms with Gasteiger partial charge in [-0.3, -0.25) is 9.78 Å². The van der Waals surface area contributed by atoms with Crippen LogP contribution < -0.4 is 5.32 Å². The molecule has 0 saturated heterocycles. The summed E-state index contributed by atoms with van der Waals surface area (Å²) >= 11 is 0. The van der Waals surface area contributed by atoms with E-state index in [1.807, 2.05) is 0 Å². The van der Waals surface area contributed by atoms with E-state index in [0.717, 1.165) is 25.7 Å². The van der Waals surface area contributed by atoms with E-state index >= 15 is 0 Å². The maximum atomic E-state index is 12.6. The number of ether oxygens (including phenoxy) is 1. The molecule has 0 aromatic carbocycles. The quantitative estimate of drug-likeness (QED) is 0.851. The predicted molar refractivity (Wildman–Crippen MR) is 82.2 cm³/mol. The van der Waals surface area contributed by atoms with Crippen LogP contribution in [-0.4, -0.2) is 34.1 Å². The zero-order valence-corrected chi connectivity index (χ0v) is 13.5. The average molecular weight is 330 g/mol. The molecule has 0 atom stereocenters. The molecule has 1 aliphatic carbocycles. The summed E-state index contributed by atoms with van der Waals surface area (Å²) in [5, 5.41) is 6.98. The lowest BCUT2D eigenvalue weighted by atomic mass is 9.96. The molecule has 2 aromatic rings. The molecule has 0 bridgehead atoms. The first-order chi connectivity index (χ1) is 11.5. The number of hydrogen-bond acceptors (Lipinski definition) is 7. The van der Waals surface area contributed by atoms with Crippen LogP contribution in [0.5, 0.6) is 0 Å². The highest BCUT2D eigenvalue weighted by molar-refractivity contribution is 5.94. The van der Waals surface area contributed by atoms with Crippen molar-refractivity contribution in [3.63, 3.8) is 0 Å². The van der Waals surface area contributed by atoms with Crippen LogP contribution in [0.15, 0.2) is 22.9 Å². The van der Waals surface area contributed by atoms with Crippen molar-refractivity contribution in [3.05, 3.63) is 41.3 Å². The maximum absolute atomic E-state index is 12.6. The first kappa shape index (κ1) is 16.1. The molecule has 8 nitrogen and oxygen atoms in total. The molecule has 24 heavy (non-hydrogen) atoms. The number of nitrogens with zero attached hydrogens (tertiary/aromatic N) is 3. The lowest BCUT2D eigenvalue weighted by Crippen LogP contribution is -2.45. The fraction of sp³-hybridized carbons (Fsp3) is 0.438. The second-order valence-corrected chi connectivity index (χ2v) is 5.80. The zero-order chi connectivity index (χ0) is 17.2. The largest absolute Gasteiger partial charge is 0.465 e. The van der Waals surface area contributed by atoms with Crippen LogP contribution in [0.2, 0.25) is 0 Å².